The molecule has 1 atom stereocenters. The van der Waals surface area contributed by atoms with Gasteiger partial charge in [0.2, 0.25) is 0 Å². The minimum absolute atomic E-state index is 0.246. The molecule has 1 aromatic rings. The summed E-state index contributed by atoms with van der Waals surface area (Å²) in [5.41, 5.74) is 1.13. The molecule has 1 saturated heterocycles. The topological polar surface area (TPSA) is 39.7 Å². The van der Waals surface area contributed by atoms with Crippen LogP contribution >= 0.6 is 11.6 Å². The maximum absolute atomic E-state index is 6.30. The molecule has 1 unspecified atom stereocenters. The van der Waals surface area contributed by atoms with Gasteiger partial charge in [0.25, 0.3) is 0 Å². The summed E-state index contributed by atoms with van der Waals surface area (Å²) < 4.78 is 16.1. The Bertz CT molecular complexity index is 447. The molecule has 0 aliphatic carbocycles. The van der Waals surface area contributed by atoms with Gasteiger partial charge in [-0.15, -0.1) is 0 Å². The molecule has 1 heterocycles. The van der Waals surface area contributed by atoms with Crippen LogP contribution in [0.1, 0.15) is 24.4 Å². The van der Waals surface area contributed by atoms with Gasteiger partial charge >= 0.3 is 0 Å². The fourth-order valence-electron chi connectivity index (χ4n) is 2.84. The average Bonchev–Trinajstić information content (AvgIpc) is 2.48. The predicted octanol–water partition coefficient (Wildman–Crippen LogP) is 3.04. The normalized spacial score (nSPS) is 17.8. The van der Waals surface area contributed by atoms with Crippen LogP contribution in [0.3, 0.4) is 0 Å². The highest BCUT2D eigenvalue weighted by atomic mass is 35.5. The van der Waals surface area contributed by atoms with Gasteiger partial charge in [-0.1, -0.05) is 11.6 Å². The molecule has 0 aromatic heterocycles. The maximum atomic E-state index is 6.30. The van der Waals surface area contributed by atoms with E-state index in [0.29, 0.717) is 22.4 Å². The maximum Gasteiger partial charge on any atom is 0.179 e. The third-order valence-electron chi connectivity index (χ3n) is 3.86. The van der Waals surface area contributed by atoms with Crippen molar-refractivity contribution in [3.8, 4) is 11.5 Å². The van der Waals surface area contributed by atoms with Crippen LogP contribution in [-0.4, -0.2) is 34.5 Å². The Hall–Kier alpha value is -0.970. The van der Waals surface area contributed by atoms with Crippen molar-refractivity contribution in [2.75, 3.05) is 34.5 Å². The zero-order valence-corrected chi connectivity index (χ0v) is 13.0. The van der Waals surface area contributed by atoms with Gasteiger partial charge in [0.1, 0.15) is 0 Å². The second-order valence-electron chi connectivity index (χ2n) is 4.95. The van der Waals surface area contributed by atoms with Gasteiger partial charge in [0.05, 0.1) is 19.2 Å². The molecule has 5 heteroatoms. The Morgan fingerprint density at radius 3 is 2.50 bits per heavy atom. The van der Waals surface area contributed by atoms with Crippen LogP contribution in [0.2, 0.25) is 5.02 Å². The van der Waals surface area contributed by atoms with E-state index in [1.165, 1.54) is 0 Å². The van der Waals surface area contributed by atoms with E-state index in [4.69, 9.17) is 25.8 Å². The Labute approximate surface area is 125 Å². The minimum atomic E-state index is 0.246. The summed E-state index contributed by atoms with van der Waals surface area (Å²) in [7, 11) is 5.20. The third-order valence-corrected chi connectivity index (χ3v) is 4.14. The van der Waals surface area contributed by atoms with Crippen molar-refractivity contribution in [2.45, 2.75) is 18.9 Å². The Morgan fingerprint density at radius 1 is 1.25 bits per heavy atom. The summed E-state index contributed by atoms with van der Waals surface area (Å²) in [6.07, 6.45) is 2.11. The molecule has 1 aromatic carbocycles. The van der Waals surface area contributed by atoms with E-state index >= 15 is 0 Å². The van der Waals surface area contributed by atoms with Crippen LogP contribution in [0.25, 0.3) is 0 Å². The van der Waals surface area contributed by atoms with E-state index in [1.807, 2.05) is 19.2 Å². The smallest absolute Gasteiger partial charge is 0.179 e. The molecule has 1 N–H and O–H groups in total. The largest absolute Gasteiger partial charge is 0.493 e. The first-order valence-electron chi connectivity index (χ1n) is 6.87. The van der Waals surface area contributed by atoms with Gasteiger partial charge in [-0.2, -0.15) is 0 Å². The fourth-order valence-corrected chi connectivity index (χ4v) is 3.14. The van der Waals surface area contributed by atoms with E-state index in [1.54, 1.807) is 14.2 Å². The number of nitrogens with one attached hydrogen (secondary N) is 1. The predicted molar refractivity (Wildman–Crippen MR) is 79.9 cm³/mol. The molecule has 4 nitrogen and oxygen atoms in total. The first kappa shape index (κ1) is 15.4. The van der Waals surface area contributed by atoms with Gasteiger partial charge < -0.3 is 19.5 Å². The van der Waals surface area contributed by atoms with Crippen molar-refractivity contribution in [3.05, 3.63) is 22.7 Å². The van der Waals surface area contributed by atoms with Gasteiger partial charge in [0.15, 0.2) is 11.5 Å². The number of hydrogen-bond acceptors (Lipinski definition) is 4. The number of ether oxygens (including phenoxy) is 3. The molecule has 1 aliphatic rings. The summed E-state index contributed by atoms with van der Waals surface area (Å²) in [4.78, 5) is 0. The second kappa shape index (κ2) is 7.16. The van der Waals surface area contributed by atoms with Crippen molar-refractivity contribution in [1.82, 2.24) is 5.32 Å². The van der Waals surface area contributed by atoms with Crippen LogP contribution in [-0.2, 0) is 4.74 Å². The first-order chi connectivity index (χ1) is 9.71. The Morgan fingerprint density at radius 2 is 1.95 bits per heavy atom. The average molecular weight is 300 g/mol. The van der Waals surface area contributed by atoms with E-state index in [-0.39, 0.29) is 6.04 Å². The lowest BCUT2D eigenvalue weighted by Gasteiger charge is -2.31. The molecular formula is C15H22ClNO3. The van der Waals surface area contributed by atoms with Crippen LogP contribution in [0.5, 0.6) is 11.5 Å². The first-order valence-corrected chi connectivity index (χ1v) is 7.25. The summed E-state index contributed by atoms with van der Waals surface area (Å²) >= 11 is 6.30. The number of halogens is 1. The lowest BCUT2D eigenvalue weighted by Crippen LogP contribution is -2.30. The zero-order chi connectivity index (χ0) is 14.5. The number of rotatable bonds is 5. The van der Waals surface area contributed by atoms with Crippen molar-refractivity contribution in [2.24, 2.45) is 5.92 Å². The van der Waals surface area contributed by atoms with Gasteiger partial charge in [0, 0.05) is 19.3 Å². The van der Waals surface area contributed by atoms with Gasteiger partial charge in [-0.25, -0.2) is 0 Å². The fraction of sp³-hybridized carbons (Fsp3) is 0.600. The van der Waals surface area contributed by atoms with Crippen LogP contribution < -0.4 is 14.8 Å². The van der Waals surface area contributed by atoms with E-state index < -0.39 is 0 Å². The molecule has 0 spiro atoms. The second-order valence-corrected chi connectivity index (χ2v) is 5.36. The van der Waals surface area contributed by atoms with Gasteiger partial charge in [-0.05, 0) is 43.5 Å². The summed E-state index contributed by atoms with van der Waals surface area (Å²) in [5, 5.41) is 3.97. The van der Waals surface area contributed by atoms with E-state index in [0.717, 1.165) is 31.6 Å². The summed E-state index contributed by atoms with van der Waals surface area (Å²) in [6.45, 7) is 1.65. The van der Waals surface area contributed by atoms with Crippen molar-refractivity contribution < 1.29 is 14.2 Å². The minimum Gasteiger partial charge on any atom is -0.493 e. The Kier molecular flexibility index (Phi) is 5.52. The number of methoxy groups -OCH3 is 2. The zero-order valence-electron chi connectivity index (χ0n) is 12.2. The van der Waals surface area contributed by atoms with Gasteiger partial charge in [-0.3, -0.25) is 0 Å². The van der Waals surface area contributed by atoms with Crippen LogP contribution in [0.4, 0.5) is 0 Å². The van der Waals surface area contributed by atoms with Crippen molar-refractivity contribution in [1.29, 1.82) is 0 Å². The van der Waals surface area contributed by atoms with Crippen molar-refractivity contribution >= 4 is 11.6 Å². The summed E-state index contributed by atoms with van der Waals surface area (Å²) in [6, 6.07) is 4.21. The molecule has 1 fully saturated rings. The van der Waals surface area contributed by atoms with E-state index in [2.05, 4.69) is 5.32 Å². The highest BCUT2D eigenvalue weighted by Gasteiger charge is 2.26. The van der Waals surface area contributed by atoms with Crippen molar-refractivity contribution in [3.63, 3.8) is 0 Å². The third kappa shape index (κ3) is 3.19. The molecular weight excluding hydrogens is 278 g/mol. The lowest BCUT2D eigenvalue weighted by molar-refractivity contribution is 0.0546. The lowest BCUT2D eigenvalue weighted by atomic mass is 9.87. The summed E-state index contributed by atoms with van der Waals surface area (Å²) in [5.74, 6) is 1.80. The molecule has 20 heavy (non-hydrogen) atoms. The number of hydrogen-bond donors (Lipinski definition) is 1. The quantitative estimate of drug-likeness (QED) is 0.907. The Balaban J connectivity index is 2.31. The highest BCUT2D eigenvalue weighted by molar-refractivity contribution is 6.32. The molecule has 0 bridgehead atoms. The monoisotopic (exact) mass is 299 g/mol. The molecule has 0 radical (unpaired) electrons. The molecule has 2 rings (SSSR count). The molecule has 0 amide bonds. The van der Waals surface area contributed by atoms with E-state index in [9.17, 15) is 0 Å². The SMILES string of the molecule is CNC(c1cc(Cl)c(OC)c(OC)c1)C1CCOCC1. The molecule has 1 aliphatic heterocycles. The standard InChI is InChI=1S/C15H22ClNO3/c1-17-14(10-4-6-20-7-5-10)11-8-12(16)15(19-3)13(9-11)18-2/h8-10,14,17H,4-7H2,1-3H3. The highest BCUT2D eigenvalue weighted by Crippen LogP contribution is 2.40. The molecule has 0 saturated carbocycles. The number of benzene rings is 1. The van der Waals surface area contributed by atoms with Crippen LogP contribution in [0, 0.1) is 5.92 Å². The van der Waals surface area contributed by atoms with Crippen LogP contribution in [0.15, 0.2) is 12.1 Å². The molecule has 112 valence electrons.